The van der Waals surface area contributed by atoms with Crippen molar-refractivity contribution in [3.63, 3.8) is 0 Å². The summed E-state index contributed by atoms with van der Waals surface area (Å²) in [6, 6.07) is 16.3. The second-order valence-corrected chi connectivity index (χ2v) is 4.76. The molecule has 0 saturated heterocycles. The van der Waals surface area contributed by atoms with Crippen LogP contribution in [-0.4, -0.2) is 14.2 Å². The van der Waals surface area contributed by atoms with E-state index < -0.39 is 0 Å². The van der Waals surface area contributed by atoms with Crippen LogP contribution in [0.15, 0.2) is 42.5 Å². The number of methoxy groups -OCH3 is 2. The molecule has 0 N–H and O–H groups in total. The number of hydrogen-bond donors (Lipinski definition) is 0. The summed E-state index contributed by atoms with van der Waals surface area (Å²) in [6.45, 7) is 0. The summed E-state index contributed by atoms with van der Waals surface area (Å²) in [5.41, 5.74) is 3.33. The molecule has 0 fully saturated rings. The Hall–Kier alpha value is -2.47. The number of nitriles is 1. The highest BCUT2D eigenvalue weighted by atomic mass is 16.5. The van der Waals surface area contributed by atoms with Crippen molar-refractivity contribution in [2.24, 2.45) is 0 Å². The Morgan fingerprint density at radius 1 is 0.952 bits per heavy atom. The first-order chi connectivity index (χ1) is 10.3. The zero-order valence-corrected chi connectivity index (χ0v) is 12.4. The molecule has 0 aromatic heterocycles. The maximum absolute atomic E-state index is 9.00. The molecule has 0 bridgehead atoms. The molecule has 2 aromatic rings. The highest BCUT2D eigenvalue weighted by molar-refractivity contribution is 5.51. The Morgan fingerprint density at radius 2 is 1.71 bits per heavy atom. The average Bonchev–Trinajstić information content (AvgIpc) is 2.54. The molecule has 0 amide bonds. The van der Waals surface area contributed by atoms with Crippen LogP contribution in [0.5, 0.6) is 11.5 Å². The highest BCUT2D eigenvalue weighted by Crippen LogP contribution is 2.34. The lowest BCUT2D eigenvalue weighted by Gasteiger charge is -2.16. The van der Waals surface area contributed by atoms with Crippen LogP contribution >= 0.6 is 0 Å². The maximum atomic E-state index is 9.00. The Bertz CT molecular complexity index is 630. The summed E-state index contributed by atoms with van der Waals surface area (Å²) >= 11 is 0. The SMILES string of the molecule is COc1ccc(CC#N)c(CCc2ccccc2)c1OC. The van der Waals surface area contributed by atoms with Crippen molar-refractivity contribution in [3.8, 4) is 17.6 Å². The Morgan fingerprint density at radius 3 is 2.33 bits per heavy atom. The quantitative estimate of drug-likeness (QED) is 0.813. The van der Waals surface area contributed by atoms with Crippen LogP contribution in [0.25, 0.3) is 0 Å². The van der Waals surface area contributed by atoms with E-state index in [1.165, 1.54) is 5.56 Å². The lowest BCUT2D eigenvalue weighted by Crippen LogP contribution is -2.02. The van der Waals surface area contributed by atoms with Gasteiger partial charge < -0.3 is 9.47 Å². The predicted octanol–water partition coefficient (Wildman–Crippen LogP) is 3.56. The standard InChI is InChI=1S/C18H19NO2/c1-20-17-11-9-15(12-13-19)16(18(17)21-2)10-8-14-6-4-3-5-7-14/h3-7,9,11H,8,10,12H2,1-2H3. The molecule has 0 spiro atoms. The van der Waals surface area contributed by atoms with Crippen LogP contribution in [0.3, 0.4) is 0 Å². The molecular weight excluding hydrogens is 262 g/mol. The van der Waals surface area contributed by atoms with Crippen LogP contribution in [0.2, 0.25) is 0 Å². The van der Waals surface area contributed by atoms with Gasteiger partial charge in [-0.15, -0.1) is 0 Å². The largest absolute Gasteiger partial charge is 0.493 e. The molecule has 0 atom stereocenters. The highest BCUT2D eigenvalue weighted by Gasteiger charge is 2.14. The zero-order valence-electron chi connectivity index (χ0n) is 12.4. The van der Waals surface area contributed by atoms with Gasteiger partial charge in [-0.3, -0.25) is 0 Å². The van der Waals surface area contributed by atoms with E-state index in [2.05, 4.69) is 18.2 Å². The number of ether oxygens (including phenoxy) is 2. The lowest BCUT2D eigenvalue weighted by atomic mass is 9.97. The van der Waals surface area contributed by atoms with E-state index in [9.17, 15) is 0 Å². The number of nitrogens with zero attached hydrogens (tertiary/aromatic N) is 1. The molecule has 3 heteroatoms. The normalized spacial score (nSPS) is 9.95. The van der Waals surface area contributed by atoms with Gasteiger partial charge in [0.15, 0.2) is 11.5 Å². The summed E-state index contributed by atoms with van der Waals surface area (Å²) in [5.74, 6) is 1.45. The number of rotatable bonds is 6. The van der Waals surface area contributed by atoms with E-state index in [0.29, 0.717) is 12.2 Å². The molecule has 0 saturated carbocycles. The summed E-state index contributed by atoms with van der Waals surface area (Å²) in [5, 5.41) is 9.00. The second kappa shape index (κ2) is 7.35. The minimum atomic E-state index is 0.379. The van der Waals surface area contributed by atoms with Crippen molar-refractivity contribution in [1.82, 2.24) is 0 Å². The molecular formula is C18H19NO2. The molecule has 0 aliphatic carbocycles. The van der Waals surface area contributed by atoms with Gasteiger partial charge in [0.25, 0.3) is 0 Å². The predicted molar refractivity (Wildman–Crippen MR) is 82.7 cm³/mol. The number of hydrogen-bond acceptors (Lipinski definition) is 3. The van der Waals surface area contributed by atoms with Gasteiger partial charge in [0.1, 0.15) is 0 Å². The fourth-order valence-corrected chi connectivity index (χ4v) is 2.47. The summed E-state index contributed by atoms with van der Waals surface area (Å²) < 4.78 is 10.9. The first kappa shape index (κ1) is 14.9. The third-order valence-electron chi connectivity index (χ3n) is 3.52. The minimum absolute atomic E-state index is 0.379. The van der Waals surface area contributed by atoms with Gasteiger partial charge in [-0.1, -0.05) is 36.4 Å². The molecule has 2 rings (SSSR count). The van der Waals surface area contributed by atoms with E-state index in [-0.39, 0.29) is 0 Å². The maximum Gasteiger partial charge on any atom is 0.164 e. The van der Waals surface area contributed by atoms with Crippen molar-refractivity contribution >= 4 is 0 Å². The van der Waals surface area contributed by atoms with Crippen molar-refractivity contribution in [1.29, 1.82) is 5.26 Å². The van der Waals surface area contributed by atoms with Gasteiger partial charge in [0.2, 0.25) is 0 Å². The zero-order chi connectivity index (χ0) is 15.1. The molecule has 2 aromatic carbocycles. The van der Waals surface area contributed by atoms with Crippen molar-refractivity contribution in [2.75, 3.05) is 14.2 Å². The Balaban J connectivity index is 2.32. The van der Waals surface area contributed by atoms with Gasteiger partial charge in [0, 0.05) is 5.56 Å². The third kappa shape index (κ3) is 3.55. The summed E-state index contributed by atoms with van der Waals surface area (Å²) in [7, 11) is 3.27. The molecule has 0 radical (unpaired) electrons. The number of aryl methyl sites for hydroxylation is 1. The van der Waals surface area contributed by atoms with Crippen LogP contribution < -0.4 is 9.47 Å². The molecule has 0 aliphatic rings. The fourth-order valence-electron chi connectivity index (χ4n) is 2.47. The van der Waals surface area contributed by atoms with E-state index >= 15 is 0 Å². The van der Waals surface area contributed by atoms with E-state index in [1.54, 1.807) is 14.2 Å². The van der Waals surface area contributed by atoms with Gasteiger partial charge in [-0.2, -0.15) is 5.26 Å². The monoisotopic (exact) mass is 281 g/mol. The van der Waals surface area contributed by atoms with E-state index in [0.717, 1.165) is 29.7 Å². The van der Waals surface area contributed by atoms with E-state index in [1.807, 2.05) is 30.3 Å². The van der Waals surface area contributed by atoms with Crippen LogP contribution in [0.4, 0.5) is 0 Å². The van der Waals surface area contributed by atoms with Crippen molar-refractivity contribution < 1.29 is 9.47 Å². The fraction of sp³-hybridized carbons (Fsp3) is 0.278. The van der Waals surface area contributed by atoms with Crippen LogP contribution in [-0.2, 0) is 19.3 Å². The Kier molecular flexibility index (Phi) is 5.22. The smallest absolute Gasteiger partial charge is 0.164 e. The first-order valence-electron chi connectivity index (χ1n) is 6.93. The molecule has 0 unspecified atom stereocenters. The van der Waals surface area contributed by atoms with Gasteiger partial charge in [-0.05, 0) is 30.0 Å². The summed E-state index contributed by atoms with van der Waals surface area (Å²) in [4.78, 5) is 0. The topological polar surface area (TPSA) is 42.2 Å². The van der Waals surface area contributed by atoms with Crippen LogP contribution in [0.1, 0.15) is 16.7 Å². The van der Waals surface area contributed by atoms with E-state index in [4.69, 9.17) is 14.7 Å². The first-order valence-corrected chi connectivity index (χ1v) is 6.93. The van der Waals surface area contributed by atoms with Crippen LogP contribution in [0, 0.1) is 11.3 Å². The molecule has 0 heterocycles. The summed E-state index contributed by atoms with van der Waals surface area (Å²) in [6.07, 6.45) is 2.11. The Labute approximate surface area is 125 Å². The van der Waals surface area contributed by atoms with Gasteiger partial charge in [-0.25, -0.2) is 0 Å². The van der Waals surface area contributed by atoms with Crippen molar-refractivity contribution in [2.45, 2.75) is 19.3 Å². The average molecular weight is 281 g/mol. The van der Waals surface area contributed by atoms with Gasteiger partial charge in [0.05, 0.1) is 26.7 Å². The molecule has 0 aliphatic heterocycles. The lowest BCUT2D eigenvalue weighted by molar-refractivity contribution is 0.351. The second-order valence-electron chi connectivity index (χ2n) is 4.76. The van der Waals surface area contributed by atoms with Crippen molar-refractivity contribution in [3.05, 3.63) is 59.2 Å². The molecule has 108 valence electrons. The third-order valence-corrected chi connectivity index (χ3v) is 3.52. The minimum Gasteiger partial charge on any atom is -0.493 e. The number of benzene rings is 2. The molecule has 3 nitrogen and oxygen atoms in total. The molecule has 21 heavy (non-hydrogen) atoms. The van der Waals surface area contributed by atoms with Gasteiger partial charge >= 0.3 is 0 Å².